The molecule has 1 saturated heterocycles. The van der Waals surface area contributed by atoms with Gasteiger partial charge < -0.3 is 21.3 Å². The van der Waals surface area contributed by atoms with Crippen molar-refractivity contribution < 1.29 is 9.59 Å². The molecule has 2 rings (SSSR count). The summed E-state index contributed by atoms with van der Waals surface area (Å²) in [6.45, 7) is 4.83. The average Bonchev–Trinajstić information content (AvgIpc) is 2.48. The largest absolute Gasteiger partial charge is 0.368 e. The van der Waals surface area contributed by atoms with Crippen LogP contribution in [0.15, 0.2) is 24.4 Å². The SMILES string of the molecule is CC(C)(NC(=O)NC1CCN(c2ccccn2)CC1)C(N)=O. The Labute approximate surface area is 130 Å². The Morgan fingerprint density at radius 1 is 1.32 bits per heavy atom. The first-order chi connectivity index (χ1) is 10.4. The lowest BCUT2D eigenvalue weighted by Gasteiger charge is -2.33. The molecular formula is C15H23N5O2. The summed E-state index contributed by atoms with van der Waals surface area (Å²) < 4.78 is 0. The van der Waals surface area contributed by atoms with E-state index in [4.69, 9.17) is 5.73 Å². The van der Waals surface area contributed by atoms with Crippen LogP contribution in [0.2, 0.25) is 0 Å². The number of rotatable bonds is 4. The number of nitrogens with zero attached hydrogens (tertiary/aromatic N) is 2. The number of anilines is 1. The van der Waals surface area contributed by atoms with E-state index < -0.39 is 11.4 Å². The van der Waals surface area contributed by atoms with E-state index in [0.29, 0.717) is 0 Å². The van der Waals surface area contributed by atoms with Crippen molar-refractivity contribution in [2.75, 3.05) is 18.0 Å². The molecule has 0 spiro atoms. The maximum atomic E-state index is 11.9. The summed E-state index contributed by atoms with van der Waals surface area (Å²) in [5.74, 6) is 0.396. The minimum absolute atomic E-state index is 0.0867. The molecule has 1 aromatic heterocycles. The van der Waals surface area contributed by atoms with Gasteiger partial charge in [-0.2, -0.15) is 0 Å². The number of hydrogen-bond donors (Lipinski definition) is 3. The number of piperidine rings is 1. The predicted molar refractivity (Wildman–Crippen MR) is 84.4 cm³/mol. The van der Waals surface area contributed by atoms with Gasteiger partial charge in [-0.3, -0.25) is 4.79 Å². The third-order valence-electron chi connectivity index (χ3n) is 3.85. The van der Waals surface area contributed by atoms with E-state index in [0.717, 1.165) is 31.7 Å². The molecular weight excluding hydrogens is 282 g/mol. The van der Waals surface area contributed by atoms with Crippen LogP contribution in [-0.2, 0) is 4.79 Å². The maximum Gasteiger partial charge on any atom is 0.315 e. The lowest BCUT2D eigenvalue weighted by atomic mass is 10.0. The molecule has 7 heteroatoms. The number of carbonyl (C=O) groups excluding carboxylic acids is 2. The first-order valence-electron chi connectivity index (χ1n) is 7.43. The molecule has 0 unspecified atom stereocenters. The predicted octanol–water partition coefficient (Wildman–Crippen LogP) is 0.614. The number of hydrogen-bond acceptors (Lipinski definition) is 4. The van der Waals surface area contributed by atoms with Crippen molar-refractivity contribution in [3.63, 3.8) is 0 Å². The number of pyridine rings is 1. The third-order valence-corrected chi connectivity index (χ3v) is 3.85. The van der Waals surface area contributed by atoms with Gasteiger partial charge in [0.25, 0.3) is 0 Å². The highest BCUT2D eigenvalue weighted by atomic mass is 16.2. The van der Waals surface area contributed by atoms with Crippen LogP contribution < -0.4 is 21.3 Å². The molecule has 1 aliphatic rings. The summed E-state index contributed by atoms with van der Waals surface area (Å²) in [5.41, 5.74) is 4.18. The average molecular weight is 305 g/mol. The van der Waals surface area contributed by atoms with Crippen LogP contribution in [0.3, 0.4) is 0 Å². The number of aromatic nitrogens is 1. The van der Waals surface area contributed by atoms with Gasteiger partial charge in [-0.25, -0.2) is 9.78 Å². The van der Waals surface area contributed by atoms with Gasteiger partial charge in [0.1, 0.15) is 11.4 Å². The fourth-order valence-corrected chi connectivity index (χ4v) is 2.36. The molecule has 1 aliphatic heterocycles. The second-order valence-corrected chi connectivity index (χ2v) is 6.04. The fourth-order valence-electron chi connectivity index (χ4n) is 2.36. The third kappa shape index (κ3) is 4.09. The van der Waals surface area contributed by atoms with E-state index in [1.165, 1.54) is 0 Å². The normalized spacial score (nSPS) is 16.2. The lowest BCUT2D eigenvalue weighted by Crippen LogP contribution is -2.58. The first-order valence-corrected chi connectivity index (χ1v) is 7.43. The van der Waals surface area contributed by atoms with Gasteiger partial charge in [0.05, 0.1) is 0 Å². The number of carbonyl (C=O) groups is 2. The molecule has 120 valence electrons. The molecule has 1 fully saturated rings. The fraction of sp³-hybridized carbons (Fsp3) is 0.533. The summed E-state index contributed by atoms with van der Waals surface area (Å²) in [4.78, 5) is 29.7. The van der Waals surface area contributed by atoms with Gasteiger partial charge >= 0.3 is 6.03 Å². The molecule has 0 aromatic carbocycles. The summed E-state index contributed by atoms with van der Waals surface area (Å²) in [7, 11) is 0. The first kappa shape index (κ1) is 16.1. The highest BCUT2D eigenvalue weighted by Crippen LogP contribution is 2.17. The Kier molecular flexibility index (Phi) is 4.85. The van der Waals surface area contributed by atoms with E-state index in [9.17, 15) is 9.59 Å². The van der Waals surface area contributed by atoms with Gasteiger partial charge in [0, 0.05) is 25.3 Å². The van der Waals surface area contributed by atoms with Crippen LogP contribution in [0.4, 0.5) is 10.6 Å². The number of primary amides is 1. The molecule has 1 aromatic rings. The van der Waals surface area contributed by atoms with Gasteiger partial charge in [0.15, 0.2) is 0 Å². The minimum Gasteiger partial charge on any atom is -0.368 e. The second-order valence-electron chi connectivity index (χ2n) is 6.04. The van der Waals surface area contributed by atoms with Crippen LogP contribution >= 0.6 is 0 Å². The molecule has 2 heterocycles. The second kappa shape index (κ2) is 6.64. The van der Waals surface area contributed by atoms with Crippen molar-refractivity contribution in [3.8, 4) is 0 Å². The van der Waals surface area contributed by atoms with Crippen molar-refractivity contribution in [1.29, 1.82) is 0 Å². The van der Waals surface area contributed by atoms with Crippen LogP contribution in [0.1, 0.15) is 26.7 Å². The summed E-state index contributed by atoms with van der Waals surface area (Å²) in [6, 6.07) is 5.56. The smallest absolute Gasteiger partial charge is 0.315 e. The van der Waals surface area contributed by atoms with Crippen molar-refractivity contribution in [3.05, 3.63) is 24.4 Å². The molecule has 7 nitrogen and oxygen atoms in total. The van der Waals surface area contributed by atoms with Gasteiger partial charge in [0.2, 0.25) is 5.91 Å². The summed E-state index contributed by atoms with van der Waals surface area (Å²) in [5, 5.41) is 5.49. The Balaban J connectivity index is 1.80. The molecule has 0 radical (unpaired) electrons. The number of nitrogens with two attached hydrogens (primary N) is 1. The number of amides is 3. The Bertz CT molecular complexity index is 524. The van der Waals surface area contributed by atoms with Crippen molar-refractivity contribution in [1.82, 2.24) is 15.6 Å². The van der Waals surface area contributed by atoms with E-state index in [1.807, 2.05) is 18.2 Å². The van der Waals surface area contributed by atoms with Gasteiger partial charge in [-0.05, 0) is 38.8 Å². The van der Waals surface area contributed by atoms with Crippen LogP contribution in [0.5, 0.6) is 0 Å². The topological polar surface area (TPSA) is 100 Å². The molecule has 0 atom stereocenters. The Morgan fingerprint density at radius 2 is 2.00 bits per heavy atom. The van der Waals surface area contributed by atoms with E-state index in [1.54, 1.807) is 20.0 Å². The molecule has 0 bridgehead atoms. The monoisotopic (exact) mass is 305 g/mol. The Morgan fingerprint density at radius 3 is 2.55 bits per heavy atom. The highest BCUT2D eigenvalue weighted by molar-refractivity contribution is 5.89. The molecule has 3 amide bonds. The lowest BCUT2D eigenvalue weighted by molar-refractivity contribution is -0.122. The minimum atomic E-state index is -1.06. The zero-order valence-electron chi connectivity index (χ0n) is 13.0. The van der Waals surface area contributed by atoms with Crippen LogP contribution in [0.25, 0.3) is 0 Å². The molecule has 0 saturated carbocycles. The van der Waals surface area contributed by atoms with Crippen LogP contribution in [-0.4, -0.2) is 41.6 Å². The summed E-state index contributed by atoms with van der Waals surface area (Å²) in [6.07, 6.45) is 3.45. The van der Waals surface area contributed by atoms with E-state index in [2.05, 4.69) is 20.5 Å². The Hall–Kier alpha value is -2.31. The maximum absolute atomic E-state index is 11.9. The molecule has 0 aliphatic carbocycles. The molecule has 4 N–H and O–H groups in total. The van der Waals surface area contributed by atoms with Crippen molar-refractivity contribution >= 4 is 17.8 Å². The van der Waals surface area contributed by atoms with Crippen molar-refractivity contribution in [2.45, 2.75) is 38.3 Å². The summed E-state index contributed by atoms with van der Waals surface area (Å²) >= 11 is 0. The van der Waals surface area contributed by atoms with E-state index in [-0.39, 0.29) is 12.1 Å². The number of urea groups is 1. The van der Waals surface area contributed by atoms with Crippen LogP contribution in [0, 0.1) is 0 Å². The zero-order valence-corrected chi connectivity index (χ0v) is 13.0. The highest BCUT2D eigenvalue weighted by Gasteiger charge is 2.28. The van der Waals surface area contributed by atoms with Gasteiger partial charge in [-0.1, -0.05) is 6.07 Å². The standard InChI is InChI=1S/C15H23N5O2/c1-15(2,13(16)21)19-14(22)18-11-6-9-20(10-7-11)12-5-3-4-8-17-12/h3-5,8,11H,6-7,9-10H2,1-2H3,(H2,16,21)(H2,18,19,22). The number of nitrogens with one attached hydrogen (secondary N) is 2. The van der Waals surface area contributed by atoms with Gasteiger partial charge in [-0.15, -0.1) is 0 Å². The van der Waals surface area contributed by atoms with E-state index >= 15 is 0 Å². The quantitative estimate of drug-likeness (QED) is 0.759. The zero-order chi connectivity index (χ0) is 16.2. The van der Waals surface area contributed by atoms with Crippen molar-refractivity contribution in [2.24, 2.45) is 5.73 Å². The molecule has 22 heavy (non-hydrogen) atoms.